The lowest BCUT2D eigenvalue weighted by Crippen LogP contribution is -2.40. The molecule has 0 saturated carbocycles. The van der Waals surface area contributed by atoms with Crippen LogP contribution >= 0.6 is 15.9 Å². The van der Waals surface area contributed by atoms with Gasteiger partial charge in [0.1, 0.15) is 5.75 Å². The van der Waals surface area contributed by atoms with Gasteiger partial charge in [0.25, 0.3) is 0 Å². The van der Waals surface area contributed by atoms with Gasteiger partial charge in [0.2, 0.25) is 0 Å². The molecule has 3 aromatic rings. The summed E-state index contributed by atoms with van der Waals surface area (Å²) in [5, 5.41) is 8.48. The summed E-state index contributed by atoms with van der Waals surface area (Å²) in [6.07, 6.45) is 3.38. The predicted octanol–water partition coefficient (Wildman–Crippen LogP) is 4.06. The van der Waals surface area contributed by atoms with E-state index in [-0.39, 0.29) is 23.3 Å². The van der Waals surface area contributed by atoms with E-state index >= 15 is 0 Å². The zero-order chi connectivity index (χ0) is 32.8. The second kappa shape index (κ2) is 14.9. The largest absolute Gasteiger partial charge is 0.480 e. The molecule has 248 valence electrons. The Labute approximate surface area is 278 Å². The van der Waals surface area contributed by atoms with Gasteiger partial charge in [-0.3, -0.25) is 4.68 Å². The van der Waals surface area contributed by atoms with Gasteiger partial charge < -0.3 is 30.3 Å². The number of urea groups is 1. The first kappa shape index (κ1) is 33.7. The molecule has 0 radical (unpaired) electrons. The summed E-state index contributed by atoms with van der Waals surface area (Å²) in [4.78, 5) is 27.9. The number of esters is 1. The van der Waals surface area contributed by atoms with Crippen molar-refractivity contribution in [2.75, 3.05) is 51.0 Å². The summed E-state index contributed by atoms with van der Waals surface area (Å²) in [7, 11) is -2.12. The Morgan fingerprint density at radius 3 is 2.50 bits per heavy atom. The number of primary amides is 1. The fourth-order valence-corrected chi connectivity index (χ4v) is 7.14. The number of piperidine rings is 1. The standard InChI is InChI=1S/C32H41BrN6O6S/c1-3-46(42,43)25-9-10-29(45-21-30(40)44-2)27(19-25)35-24-11-16-37(17-12-24)14-4-15-39-28-13-18-38(32(34)41)20-26(28)31(36-39)22-5-7-23(33)8-6-22/h5-10,19,24,35H,3-4,11-18,20-21H2,1-2H3,(H2,34,41). The number of ether oxygens (including phenoxy) is 2. The average molecular weight is 718 g/mol. The molecule has 0 atom stereocenters. The molecule has 0 unspecified atom stereocenters. The second-order valence-corrected chi connectivity index (χ2v) is 14.7. The zero-order valence-electron chi connectivity index (χ0n) is 26.2. The molecule has 12 nitrogen and oxygen atoms in total. The van der Waals surface area contributed by atoms with Crippen molar-refractivity contribution in [1.29, 1.82) is 0 Å². The SMILES string of the molecule is CCS(=O)(=O)c1ccc(OCC(=O)OC)c(NC2CCN(CCCn3nc(-c4ccc(Br)cc4)c4c3CCN(C(N)=O)C4)CC2)c1. The number of methoxy groups -OCH3 is 1. The maximum absolute atomic E-state index is 12.5. The summed E-state index contributed by atoms with van der Waals surface area (Å²) < 4.78 is 38.5. The summed E-state index contributed by atoms with van der Waals surface area (Å²) in [6.45, 7) is 5.84. The number of rotatable bonds is 12. The van der Waals surface area contributed by atoms with E-state index in [1.807, 2.05) is 24.3 Å². The van der Waals surface area contributed by atoms with Crippen LogP contribution in [-0.2, 0) is 38.9 Å². The van der Waals surface area contributed by atoms with Crippen molar-refractivity contribution < 1.29 is 27.5 Å². The van der Waals surface area contributed by atoms with Crippen molar-refractivity contribution >= 4 is 43.5 Å². The van der Waals surface area contributed by atoms with E-state index in [1.54, 1.807) is 24.0 Å². The van der Waals surface area contributed by atoms with Crippen LogP contribution in [-0.4, -0.2) is 91.7 Å². The molecular formula is C32H41BrN6O6S. The number of carbonyl (C=O) groups is 2. The number of likely N-dealkylation sites (tertiary alicyclic amines) is 1. The van der Waals surface area contributed by atoms with Crippen LogP contribution in [0.5, 0.6) is 5.75 Å². The maximum Gasteiger partial charge on any atom is 0.343 e. The number of benzene rings is 2. The number of amides is 2. The van der Waals surface area contributed by atoms with Crippen LogP contribution < -0.4 is 15.8 Å². The van der Waals surface area contributed by atoms with Crippen molar-refractivity contribution in [3.63, 3.8) is 0 Å². The van der Waals surface area contributed by atoms with Crippen LogP contribution in [0, 0.1) is 0 Å². The Hall–Kier alpha value is -3.62. The highest BCUT2D eigenvalue weighted by Crippen LogP contribution is 2.32. The molecule has 1 fully saturated rings. The molecule has 2 amide bonds. The molecule has 0 aliphatic carbocycles. The van der Waals surface area contributed by atoms with Crippen molar-refractivity contribution in [3.8, 4) is 17.0 Å². The maximum atomic E-state index is 12.5. The molecule has 1 aromatic heterocycles. The lowest BCUT2D eigenvalue weighted by atomic mass is 10.0. The second-order valence-electron chi connectivity index (χ2n) is 11.6. The van der Waals surface area contributed by atoms with Gasteiger partial charge in [-0.25, -0.2) is 18.0 Å². The van der Waals surface area contributed by atoms with Crippen LogP contribution in [0.2, 0.25) is 0 Å². The van der Waals surface area contributed by atoms with E-state index < -0.39 is 21.8 Å². The molecular weight excluding hydrogens is 676 g/mol. The number of aryl methyl sites for hydroxylation is 1. The molecule has 3 N–H and O–H groups in total. The Bertz CT molecular complexity index is 1650. The number of anilines is 1. The van der Waals surface area contributed by atoms with Gasteiger partial charge in [0, 0.05) is 59.9 Å². The number of nitrogens with zero attached hydrogens (tertiary/aromatic N) is 4. The summed E-state index contributed by atoms with van der Waals surface area (Å²) in [6, 6.07) is 12.4. The normalized spacial score (nSPS) is 15.8. The minimum Gasteiger partial charge on any atom is -0.480 e. The van der Waals surface area contributed by atoms with Gasteiger partial charge in [0.05, 0.1) is 35.7 Å². The van der Waals surface area contributed by atoms with Crippen molar-refractivity contribution in [1.82, 2.24) is 19.6 Å². The first-order valence-corrected chi connectivity index (χ1v) is 18.0. The van der Waals surface area contributed by atoms with Crippen molar-refractivity contribution in [2.24, 2.45) is 5.73 Å². The lowest BCUT2D eigenvalue weighted by molar-refractivity contribution is -0.142. The van der Waals surface area contributed by atoms with Gasteiger partial charge in [-0.1, -0.05) is 35.0 Å². The van der Waals surface area contributed by atoms with Crippen molar-refractivity contribution in [3.05, 3.63) is 58.2 Å². The quantitative estimate of drug-likeness (QED) is 0.265. The highest BCUT2D eigenvalue weighted by molar-refractivity contribution is 9.10. The Kier molecular flexibility index (Phi) is 10.9. The number of nitrogens with two attached hydrogens (primary N) is 1. The van der Waals surface area contributed by atoms with Gasteiger partial charge in [-0.05, 0) is 56.1 Å². The number of aromatic nitrogens is 2. The van der Waals surface area contributed by atoms with E-state index in [2.05, 4.69) is 35.6 Å². The van der Waals surface area contributed by atoms with E-state index in [4.69, 9.17) is 15.6 Å². The van der Waals surface area contributed by atoms with Gasteiger partial charge >= 0.3 is 12.0 Å². The number of nitrogens with one attached hydrogen (secondary N) is 1. The molecule has 46 heavy (non-hydrogen) atoms. The fourth-order valence-electron chi connectivity index (χ4n) is 5.97. The Morgan fingerprint density at radius 1 is 1.09 bits per heavy atom. The summed E-state index contributed by atoms with van der Waals surface area (Å²) in [5.74, 6) is -0.115. The average Bonchev–Trinajstić information content (AvgIpc) is 3.42. The fraction of sp³-hybridized carbons (Fsp3) is 0.469. The third kappa shape index (κ3) is 8.02. The molecule has 0 bridgehead atoms. The van der Waals surface area contributed by atoms with Gasteiger partial charge in [0.15, 0.2) is 16.4 Å². The molecule has 2 aliphatic heterocycles. The summed E-state index contributed by atoms with van der Waals surface area (Å²) in [5.41, 5.74) is 10.3. The van der Waals surface area contributed by atoms with Crippen LogP contribution in [0.1, 0.15) is 37.4 Å². The first-order chi connectivity index (χ1) is 22.1. The van der Waals surface area contributed by atoms with Gasteiger partial charge in [-0.2, -0.15) is 5.10 Å². The van der Waals surface area contributed by atoms with E-state index in [9.17, 15) is 18.0 Å². The van der Waals surface area contributed by atoms with Crippen LogP contribution in [0.4, 0.5) is 10.5 Å². The Balaban J connectivity index is 1.20. The van der Waals surface area contributed by atoms with Crippen LogP contribution in [0.25, 0.3) is 11.3 Å². The molecule has 14 heteroatoms. The number of sulfone groups is 1. The van der Waals surface area contributed by atoms with E-state index in [0.29, 0.717) is 30.9 Å². The molecule has 2 aliphatic rings. The van der Waals surface area contributed by atoms with Crippen molar-refractivity contribution in [2.45, 2.75) is 56.6 Å². The molecule has 3 heterocycles. The van der Waals surface area contributed by atoms with E-state index in [0.717, 1.165) is 72.4 Å². The zero-order valence-corrected chi connectivity index (χ0v) is 28.6. The first-order valence-electron chi connectivity index (χ1n) is 15.5. The van der Waals surface area contributed by atoms with E-state index in [1.165, 1.54) is 13.2 Å². The smallest absolute Gasteiger partial charge is 0.343 e. The monoisotopic (exact) mass is 716 g/mol. The summed E-state index contributed by atoms with van der Waals surface area (Å²) >= 11 is 3.50. The predicted molar refractivity (Wildman–Crippen MR) is 178 cm³/mol. The molecule has 2 aromatic carbocycles. The minimum atomic E-state index is -3.41. The van der Waals surface area contributed by atoms with Crippen LogP contribution in [0.15, 0.2) is 51.8 Å². The number of fused-ring (bicyclic) bond motifs is 1. The number of hydrogen-bond donors (Lipinski definition) is 2. The third-order valence-corrected chi connectivity index (χ3v) is 10.9. The molecule has 0 spiro atoms. The lowest BCUT2D eigenvalue weighted by Gasteiger charge is -2.33. The molecule has 5 rings (SSSR count). The highest BCUT2D eigenvalue weighted by atomic mass is 79.9. The minimum absolute atomic E-state index is 0.00804. The van der Waals surface area contributed by atoms with Gasteiger partial charge in [-0.15, -0.1) is 0 Å². The van der Waals surface area contributed by atoms with Crippen LogP contribution in [0.3, 0.4) is 0 Å². The number of halogens is 1. The topological polar surface area (TPSA) is 149 Å². The highest BCUT2D eigenvalue weighted by Gasteiger charge is 2.28. The Morgan fingerprint density at radius 2 is 1.83 bits per heavy atom. The third-order valence-electron chi connectivity index (χ3n) is 8.62. The number of carbonyl (C=O) groups excluding carboxylic acids is 2. The number of hydrogen-bond acceptors (Lipinski definition) is 9. The molecule has 1 saturated heterocycles.